The van der Waals surface area contributed by atoms with Crippen molar-refractivity contribution in [3.63, 3.8) is 0 Å². The lowest BCUT2D eigenvalue weighted by Gasteiger charge is -2.26. The van der Waals surface area contributed by atoms with E-state index in [1.165, 1.54) is 5.56 Å². The van der Waals surface area contributed by atoms with Gasteiger partial charge < -0.3 is 15.4 Å². The largest absolute Gasteiger partial charge is 0.481 e. The lowest BCUT2D eigenvalue weighted by molar-refractivity contribution is 0.397. The topological polar surface area (TPSA) is 63.7 Å². The van der Waals surface area contributed by atoms with Crippen molar-refractivity contribution in [3.05, 3.63) is 53.7 Å². The van der Waals surface area contributed by atoms with Crippen LogP contribution in [0, 0.1) is 6.92 Å². The third-order valence-corrected chi connectivity index (χ3v) is 3.62. The van der Waals surface area contributed by atoms with Gasteiger partial charge in [-0.3, -0.25) is 4.99 Å². The first-order valence-electron chi connectivity index (χ1n) is 6.85. The van der Waals surface area contributed by atoms with Crippen molar-refractivity contribution in [2.45, 2.75) is 13.0 Å². The molecule has 0 aliphatic carbocycles. The number of ether oxygens (including phenoxy) is 1. The normalized spacial score (nSPS) is 17.7. The van der Waals surface area contributed by atoms with E-state index in [-0.39, 0.29) is 6.04 Å². The molecule has 1 aliphatic rings. The van der Waals surface area contributed by atoms with Gasteiger partial charge in [-0.2, -0.15) is 0 Å². The van der Waals surface area contributed by atoms with Crippen molar-refractivity contribution < 1.29 is 4.74 Å². The number of rotatable bonds is 3. The first-order chi connectivity index (χ1) is 10.2. The van der Waals surface area contributed by atoms with E-state index in [1.807, 2.05) is 30.5 Å². The Kier molecular flexibility index (Phi) is 3.48. The van der Waals surface area contributed by atoms with Crippen LogP contribution >= 0.6 is 0 Å². The number of hydrogen-bond acceptors (Lipinski definition) is 5. The van der Waals surface area contributed by atoms with Gasteiger partial charge in [0.1, 0.15) is 0 Å². The van der Waals surface area contributed by atoms with Gasteiger partial charge in [-0.25, -0.2) is 4.98 Å². The summed E-state index contributed by atoms with van der Waals surface area (Å²) in [6.07, 6.45) is 1.82. The fraction of sp³-hybridized carbons (Fsp3) is 0.250. The quantitative estimate of drug-likeness (QED) is 0.938. The van der Waals surface area contributed by atoms with Crippen LogP contribution in [0.3, 0.4) is 0 Å². The summed E-state index contributed by atoms with van der Waals surface area (Å²) in [5.74, 6) is 1.15. The number of anilines is 1. The highest BCUT2D eigenvalue weighted by Crippen LogP contribution is 2.31. The number of aryl methyl sites for hydroxylation is 1. The average molecular weight is 282 g/mol. The van der Waals surface area contributed by atoms with E-state index in [0.717, 1.165) is 11.3 Å². The van der Waals surface area contributed by atoms with Gasteiger partial charge in [-0.15, -0.1) is 0 Å². The maximum Gasteiger partial charge on any atom is 0.212 e. The van der Waals surface area contributed by atoms with E-state index >= 15 is 0 Å². The predicted molar refractivity (Wildman–Crippen MR) is 83.7 cm³/mol. The second-order valence-electron chi connectivity index (χ2n) is 5.06. The number of hydrogen-bond donors (Lipinski definition) is 1. The number of guanidine groups is 1. The van der Waals surface area contributed by atoms with Crippen LogP contribution in [0.4, 0.5) is 5.69 Å². The number of aliphatic imine (C=N–C) groups is 1. The van der Waals surface area contributed by atoms with Gasteiger partial charge in [-0.05, 0) is 36.2 Å². The molecule has 0 amide bonds. The van der Waals surface area contributed by atoms with Crippen LogP contribution in [-0.2, 0) is 0 Å². The van der Waals surface area contributed by atoms with Gasteiger partial charge in [0.15, 0.2) is 5.96 Å². The van der Waals surface area contributed by atoms with Gasteiger partial charge in [0.05, 0.1) is 19.7 Å². The zero-order valence-electron chi connectivity index (χ0n) is 12.2. The van der Waals surface area contributed by atoms with E-state index in [0.29, 0.717) is 18.4 Å². The van der Waals surface area contributed by atoms with Gasteiger partial charge in [0.2, 0.25) is 5.88 Å². The molecule has 0 saturated heterocycles. The third-order valence-electron chi connectivity index (χ3n) is 3.62. The molecule has 108 valence electrons. The van der Waals surface area contributed by atoms with E-state index in [9.17, 15) is 0 Å². The minimum Gasteiger partial charge on any atom is -0.481 e. The van der Waals surface area contributed by atoms with Crippen molar-refractivity contribution in [3.8, 4) is 5.88 Å². The van der Waals surface area contributed by atoms with Gasteiger partial charge in [-0.1, -0.05) is 12.1 Å². The summed E-state index contributed by atoms with van der Waals surface area (Å²) < 4.78 is 5.10. The average Bonchev–Trinajstić information content (AvgIpc) is 2.89. The van der Waals surface area contributed by atoms with Crippen LogP contribution in [-0.4, -0.2) is 24.6 Å². The Morgan fingerprint density at radius 1 is 1.29 bits per heavy atom. The molecule has 0 radical (unpaired) electrons. The highest BCUT2D eigenvalue weighted by Gasteiger charge is 2.29. The Labute approximate surface area is 124 Å². The first-order valence-corrected chi connectivity index (χ1v) is 6.85. The second-order valence-corrected chi connectivity index (χ2v) is 5.06. The Morgan fingerprint density at radius 3 is 2.81 bits per heavy atom. The summed E-state index contributed by atoms with van der Waals surface area (Å²) in [5.41, 5.74) is 9.39. The molecule has 2 N–H and O–H groups in total. The Balaban J connectivity index is 1.94. The standard InChI is InChI=1S/C16H18N4O/c1-11-4-3-5-13(8-11)20-14(10-19-16(20)17)12-6-7-15(21-2)18-9-12/h3-9,14H,10H2,1-2H3,(H2,17,19). The fourth-order valence-corrected chi connectivity index (χ4v) is 2.55. The Bertz CT molecular complexity index is 666. The maximum absolute atomic E-state index is 6.08. The number of pyridine rings is 1. The molecule has 2 aromatic rings. The van der Waals surface area contributed by atoms with Crippen molar-refractivity contribution in [2.24, 2.45) is 10.7 Å². The molecule has 0 saturated carbocycles. The third kappa shape index (κ3) is 2.54. The Hall–Kier alpha value is -2.56. The van der Waals surface area contributed by atoms with Gasteiger partial charge in [0, 0.05) is 18.0 Å². The van der Waals surface area contributed by atoms with Crippen LogP contribution in [0.2, 0.25) is 0 Å². The molecule has 2 heterocycles. The van der Waals surface area contributed by atoms with Crippen molar-refractivity contribution in [2.75, 3.05) is 18.6 Å². The zero-order valence-corrected chi connectivity index (χ0v) is 12.2. The van der Waals surface area contributed by atoms with E-state index in [2.05, 4.69) is 33.9 Å². The van der Waals surface area contributed by atoms with Crippen LogP contribution in [0.25, 0.3) is 0 Å². The lowest BCUT2D eigenvalue weighted by Crippen LogP contribution is -2.36. The fourth-order valence-electron chi connectivity index (χ4n) is 2.55. The molecule has 0 bridgehead atoms. The molecule has 5 heteroatoms. The van der Waals surface area contributed by atoms with Crippen LogP contribution in [0.1, 0.15) is 17.2 Å². The predicted octanol–water partition coefficient (Wildman–Crippen LogP) is 2.27. The van der Waals surface area contributed by atoms with Crippen molar-refractivity contribution in [1.82, 2.24) is 4.98 Å². The molecule has 5 nitrogen and oxygen atoms in total. The lowest BCUT2D eigenvalue weighted by atomic mass is 10.1. The summed E-state index contributed by atoms with van der Waals surface area (Å²) in [5, 5.41) is 0. The molecular weight excluding hydrogens is 264 g/mol. The summed E-state index contributed by atoms with van der Waals surface area (Å²) in [4.78, 5) is 10.7. The molecule has 1 unspecified atom stereocenters. The summed E-state index contributed by atoms with van der Waals surface area (Å²) in [7, 11) is 1.61. The van der Waals surface area contributed by atoms with Crippen LogP contribution < -0.4 is 15.4 Å². The molecule has 1 atom stereocenters. The number of benzene rings is 1. The Morgan fingerprint density at radius 2 is 2.14 bits per heavy atom. The number of nitrogens with zero attached hydrogens (tertiary/aromatic N) is 3. The highest BCUT2D eigenvalue weighted by molar-refractivity contribution is 5.97. The molecule has 1 aromatic carbocycles. The minimum absolute atomic E-state index is 0.0743. The van der Waals surface area contributed by atoms with Gasteiger partial charge in [0.25, 0.3) is 0 Å². The summed E-state index contributed by atoms with van der Waals surface area (Å²) >= 11 is 0. The van der Waals surface area contributed by atoms with Crippen molar-refractivity contribution >= 4 is 11.6 Å². The SMILES string of the molecule is COc1ccc(C2CN=C(N)N2c2cccc(C)c2)cn1. The molecule has 1 aromatic heterocycles. The first kappa shape index (κ1) is 13.4. The minimum atomic E-state index is 0.0743. The van der Waals surface area contributed by atoms with Crippen LogP contribution in [0.15, 0.2) is 47.6 Å². The van der Waals surface area contributed by atoms with E-state index < -0.39 is 0 Å². The molecule has 1 aliphatic heterocycles. The number of aromatic nitrogens is 1. The second kappa shape index (κ2) is 5.44. The van der Waals surface area contributed by atoms with Crippen LogP contribution in [0.5, 0.6) is 5.88 Å². The number of nitrogens with two attached hydrogens (primary N) is 1. The molecule has 3 rings (SSSR count). The highest BCUT2D eigenvalue weighted by atomic mass is 16.5. The van der Waals surface area contributed by atoms with E-state index in [1.54, 1.807) is 7.11 Å². The molecular formula is C16H18N4O. The van der Waals surface area contributed by atoms with Gasteiger partial charge >= 0.3 is 0 Å². The van der Waals surface area contributed by atoms with Crippen molar-refractivity contribution in [1.29, 1.82) is 0 Å². The molecule has 21 heavy (non-hydrogen) atoms. The summed E-state index contributed by atoms with van der Waals surface area (Å²) in [6.45, 7) is 2.70. The smallest absolute Gasteiger partial charge is 0.212 e. The number of methoxy groups -OCH3 is 1. The maximum atomic E-state index is 6.08. The van der Waals surface area contributed by atoms with E-state index in [4.69, 9.17) is 10.5 Å². The monoisotopic (exact) mass is 282 g/mol. The summed E-state index contributed by atoms with van der Waals surface area (Å²) in [6, 6.07) is 12.2. The molecule has 0 spiro atoms. The molecule has 0 fully saturated rings. The zero-order chi connectivity index (χ0) is 14.8.